The Hall–Kier alpha value is -1.85. The van der Waals surface area contributed by atoms with Crippen molar-refractivity contribution < 1.29 is 36.6 Å². The fourth-order valence-electron chi connectivity index (χ4n) is 1.13. The van der Waals surface area contributed by atoms with Crippen molar-refractivity contribution in [2.24, 2.45) is 0 Å². The Bertz CT molecular complexity index is 455. The van der Waals surface area contributed by atoms with E-state index in [-0.39, 0.29) is 35.1 Å². The van der Waals surface area contributed by atoms with Gasteiger partial charge in [0.2, 0.25) is 0 Å². The van der Waals surface area contributed by atoms with Crippen molar-refractivity contribution in [3.05, 3.63) is 46.0 Å². The Morgan fingerprint density at radius 1 is 1.44 bits per heavy atom. The number of aliphatic hydroxyl groups excluding tert-OH is 1. The Morgan fingerprint density at radius 3 is 2.44 bits per heavy atom. The second-order valence-corrected chi connectivity index (χ2v) is 3.09. The van der Waals surface area contributed by atoms with Crippen LogP contribution in [-0.2, 0) is 26.6 Å². The average molecular weight is 301 g/mol. The van der Waals surface area contributed by atoms with E-state index in [1.807, 2.05) is 0 Å². The van der Waals surface area contributed by atoms with Crippen molar-refractivity contribution >= 4 is 17.4 Å². The van der Waals surface area contributed by atoms with Gasteiger partial charge in [-0.3, -0.25) is 10.1 Å². The van der Waals surface area contributed by atoms with E-state index >= 15 is 0 Å². The third-order valence-electron chi connectivity index (χ3n) is 1.92. The van der Waals surface area contributed by atoms with Crippen molar-refractivity contribution in [3.63, 3.8) is 0 Å². The quantitative estimate of drug-likeness (QED) is 0.229. The van der Waals surface area contributed by atoms with Gasteiger partial charge < -0.3 is 9.84 Å². The van der Waals surface area contributed by atoms with Gasteiger partial charge in [0, 0.05) is 34.8 Å². The molecule has 0 aliphatic heterocycles. The van der Waals surface area contributed by atoms with Crippen LogP contribution in [0.5, 0.6) is 0 Å². The number of carbonyl (C=O) groups excluding carboxylic acids is 1. The van der Waals surface area contributed by atoms with Crippen molar-refractivity contribution in [1.82, 2.24) is 0 Å². The molecule has 0 atom stereocenters. The Labute approximate surface area is 114 Å². The van der Waals surface area contributed by atoms with Crippen LogP contribution in [0.4, 0.5) is 5.69 Å². The number of non-ortho nitro benzene ring substituents is 1. The van der Waals surface area contributed by atoms with E-state index in [0.717, 1.165) is 6.08 Å². The molecular weight excluding hydrogens is 290 g/mol. The molecule has 7 heteroatoms. The molecule has 6 nitrogen and oxygen atoms in total. The van der Waals surface area contributed by atoms with E-state index in [1.165, 1.54) is 24.3 Å². The second-order valence-electron chi connectivity index (χ2n) is 3.09. The Morgan fingerprint density at radius 2 is 2.00 bits per heavy atom. The number of benzene rings is 1. The number of ether oxygens (including phenoxy) is 1. The fourth-order valence-corrected chi connectivity index (χ4v) is 1.13. The van der Waals surface area contributed by atoms with Gasteiger partial charge in [0.25, 0.3) is 5.69 Å². The van der Waals surface area contributed by atoms with Crippen LogP contribution in [-0.4, -0.2) is 22.6 Å². The van der Waals surface area contributed by atoms with Crippen LogP contribution in [0.3, 0.4) is 0 Å². The average Bonchev–Trinajstić information content (AvgIpc) is 2.29. The van der Waals surface area contributed by atoms with Crippen LogP contribution in [0, 0.1) is 10.1 Å². The first-order valence-corrected chi connectivity index (χ1v) is 4.87. The topological polar surface area (TPSA) is 89.7 Å². The SMILES string of the molecule is CCOC(=O)/C=C(\O)c1ccc([N+](=O)[O-])cc1.[Cu]. The monoisotopic (exact) mass is 300 g/mol. The third kappa shape index (κ3) is 4.57. The fraction of sp³-hybridized carbons (Fsp3) is 0.182. The zero-order valence-electron chi connectivity index (χ0n) is 9.42. The molecule has 0 unspecified atom stereocenters. The predicted octanol–water partition coefficient (Wildman–Crippen LogP) is 2.05. The van der Waals surface area contributed by atoms with Crippen molar-refractivity contribution in [2.45, 2.75) is 6.92 Å². The minimum Gasteiger partial charge on any atom is -0.507 e. The van der Waals surface area contributed by atoms with Crippen molar-refractivity contribution in [1.29, 1.82) is 0 Å². The number of nitro benzene ring substituents is 1. The Kier molecular flexibility index (Phi) is 6.70. The summed E-state index contributed by atoms with van der Waals surface area (Å²) in [6, 6.07) is 5.18. The summed E-state index contributed by atoms with van der Waals surface area (Å²) in [6.45, 7) is 1.86. The Balaban J connectivity index is 0.00000289. The van der Waals surface area contributed by atoms with Gasteiger partial charge in [0.1, 0.15) is 5.76 Å². The number of hydrogen-bond acceptors (Lipinski definition) is 5. The summed E-state index contributed by atoms with van der Waals surface area (Å²) in [5.74, 6) is -0.957. The van der Waals surface area contributed by atoms with E-state index in [9.17, 15) is 20.0 Å². The zero-order valence-corrected chi connectivity index (χ0v) is 10.4. The number of nitro groups is 1. The smallest absolute Gasteiger partial charge is 0.334 e. The standard InChI is InChI=1S/C11H11NO5.Cu/c1-2-17-11(14)7-10(13)8-3-5-9(6-4-8)12(15)16;/h3-7,13H,2H2,1H3;/b10-7-;. The molecule has 101 valence electrons. The van der Waals surface area contributed by atoms with Crippen molar-refractivity contribution in [3.8, 4) is 0 Å². The van der Waals surface area contributed by atoms with E-state index in [0.29, 0.717) is 5.56 Å². The summed E-state index contributed by atoms with van der Waals surface area (Å²) in [5, 5.41) is 19.9. The summed E-state index contributed by atoms with van der Waals surface area (Å²) in [4.78, 5) is 20.9. The first kappa shape index (κ1) is 16.1. The maximum absolute atomic E-state index is 11.0. The summed E-state index contributed by atoms with van der Waals surface area (Å²) in [5.41, 5.74) is 0.223. The van der Waals surface area contributed by atoms with Crippen LogP contribution in [0.25, 0.3) is 5.76 Å². The molecule has 18 heavy (non-hydrogen) atoms. The molecule has 0 spiro atoms. The molecule has 0 saturated carbocycles. The van der Waals surface area contributed by atoms with E-state index in [2.05, 4.69) is 4.74 Å². The molecule has 0 aliphatic rings. The number of esters is 1. The van der Waals surface area contributed by atoms with Crippen LogP contribution in [0.1, 0.15) is 12.5 Å². The van der Waals surface area contributed by atoms with Gasteiger partial charge in [0.15, 0.2) is 0 Å². The minimum absolute atomic E-state index is 0. The maximum Gasteiger partial charge on any atom is 0.334 e. The normalized spacial score (nSPS) is 10.4. The molecular formula is C11H11CuNO5. The second kappa shape index (κ2) is 7.47. The molecule has 1 aromatic rings. The van der Waals surface area contributed by atoms with E-state index in [4.69, 9.17) is 0 Å². The largest absolute Gasteiger partial charge is 0.507 e. The molecule has 0 aliphatic carbocycles. The van der Waals surface area contributed by atoms with Gasteiger partial charge in [-0.15, -0.1) is 0 Å². The minimum atomic E-state index is -0.664. The van der Waals surface area contributed by atoms with Gasteiger partial charge in [0.05, 0.1) is 17.6 Å². The number of rotatable bonds is 4. The molecule has 0 bridgehead atoms. The van der Waals surface area contributed by atoms with Gasteiger partial charge in [-0.1, -0.05) is 0 Å². The maximum atomic E-state index is 11.0. The van der Waals surface area contributed by atoms with E-state index < -0.39 is 10.9 Å². The number of hydrogen-bond donors (Lipinski definition) is 1. The third-order valence-corrected chi connectivity index (χ3v) is 1.92. The van der Waals surface area contributed by atoms with E-state index in [1.54, 1.807) is 6.92 Å². The number of carbonyl (C=O) groups is 1. The summed E-state index contributed by atoms with van der Waals surface area (Å²) >= 11 is 0. The first-order chi connectivity index (χ1) is 8.04. The molecule has 1 N–H and O–H groups in total. The molecule has 0 heterocycles. The molecule has 0 amide bonds. The molecule has 1 rings (SSSR count). The van der Waals surface area contributed by atoms with Crippen LogP contribution >= 0.6 is 0 Å². The van der Waals surface area contributed by atoms with Crippen molar-refractivity contribution in [2.75, 3.05) is 6.61 Å². The van der Waals surface area contributed by atoms with Gasteiger partial charge in [-0.2, -0.15) is 0 Å². The first-order valence-electron chi connectivity index (χ1n) is 4.87. The zero-order chi connectivity index (χ0) is 12.8. The van der Waals surface area contributed by atoms with Gasteiger partial charge >= 0.3 is 5.97 Å². The summed E-state index contributed by atoms with van der Waals surface area (Å²) in [6.07, 6.45) is 0.921. The predicted molar refractivity (Wildman–Crippen MR) is 60.3 cm³/mol. The van der Waals surface area contributed by atoms with Crippen LogP contribution in [0.15, 0.2) is 30.3 Å². The molecule has 1 radical (unpaired) electrons. The summed E-state index contributed by atoms with van der Waals surface area (Å²) in [7, 11) is 0. The molecule has 0 fully saturated rings. The molecule has 0 aromatic heterocycles. The molecule has 1 aromatic carbocycles. The number of aliphatic hydroxyl groups is 1. The van der Waals surface area contributed by atoms with Gasteiger partial charge in [-0.25, -0.2) is 4.79 Å². The summed E-state index contributed by atoms with van der Waals surface area (Å²) < 4.78 is 4.61. The van der Waals surface area contributed by atoms with Crippen LogP contribution in [0.2, 0.25) is 0 Å². The van der Waals surface area contributed by atoms with Crippen LogP contribution < -0.4 is 0 Å². The number of nitrogens with zero attached hydrogens (tertiary/aromatic N) is 1. The van der Waals surface area contributed by atoms with Gasteiger partial charge in [-0.05, 0) is 19.1 Å². The molecule has 0 saturated heterocycles.